The number of benzene rings is 2. The van der Waals surface area contributed by atoms with E-state index in [9.17, 15) is 9.59 Å². The minimum absolute atomic E-state index is 0.0393. The Balaban J connectivity index is 2.05. The summed E-state index contributed by atoms with van der Waals surface area (Å²) in [6.45, 7) is 4.61. The average molecular weight is 419 g/mol. The van der Waals surface area contributed by atoms with Crippen molar-refractivity contribution in [2.24, 2.45) is 0 Å². The van der Waals surface area contributed by atoms with Crippen molar-refractivity contribution in [3.05, 3.63) is 52.5 Å². The Hall–Kier alpha value is -2.34. The van der Waals surface area contributed by atoms with Gasteiger partial charge in [0, 0.05) is 23.4 Å². The fourth-order valence-electron chi connectivity index (χ4n) is 2.30. The molecular formula is C20H23BrN2O3. The van der Waals surface area contributed by atoms with Crippen LogP contribution in [0.25, 0.3) is 0 Å². The van der Waals surface area contributed by atoms with Gasteiger partial charge >= 0.3 is 0 Å². The van der Waals surface area contributed by atoms with Gasteiger partial charge in [-0.1, -0.05) is 19.9 Å². The van der Waals surface area contributed by atoms with Crippen molar-refractivity contribution in [3.63, 3.8) is 0 Å². The summed E-state index contributed by atoms with van der Waals surface area (Å²) in [5, 5.41) is 5.66. The van der Waals surface area contributed by atoms with Gasteiger partial charge in [-0.15, -0.1) is 0 Å². The maximum Gasteiger partial charge on any atom is 0.255 e. The zero-order valence-corrected chi connectivity index (χ0v) is 16.6. The molecule has 0 fully saturated rings. The van der Waals surface area contributed by atoms with Gasteiger partial charge in [-0.05, 0) is 65.2 Å². The SMILES string of the molecule is CCCOc1ccc(C(=O)Nc2cccc(NC(=O)CCC)c2)cc1Br. The van der Waals surface area contributed by atoms with Crippen LogP contribution >= 0.6 is 15.9 Å². The van der Waals surface area contributed by atoms with Gasteiger partial charge in [0.25, 0.3) is 5.91 Å². The highest BCUT2D eigenvalue weighted by atomic mass is 79.9. The molecule has 0 aliphatic heterocycles. The van der Waals surface area contributed by atoms with E-state index in [1.54, 1.807) is 42.5 Å². The van der Waals surface area contributed by atoms with E-state index in [2.05, 4.69) is 26.6 Å². The quantitative estimate of drug-likeness (QED) is 0.616. The Labute approximate surface area is 162 Å². The highest BCUT2D eigenvalue weighted by molar-refractivity contribution is 9.10. The molecule has 2 aromatic rings. The summed E-state index contributed by atoms with van der Waals surface area (Å²) in [7, 11) is 0. The number of ether oxygens (including phenoxy) is 1. The van der Waals surface area contributed by atoms with Gasteiger partial charge in [0.1, 0.15) is 5.75 Å². The number of carbonyl (C=O) groups is 2. The first-order chi connectivity index (χ1) is 12.5. The van der Waals surface area contributed by atoms with Crippen molar-refractivity contribution in [3.8, 4) is 5.75 Å². The van der Waals surface area contributed by atoms with Gasteiger partial charge in [-0.3, -0.25) is 9.59 Å². The van der Waals surface area contributed by atoms with Gasteiger partial charge in [0.05, 0.1) is 11.1 Å². The first-order valence-corrected chi connectivity index (χ1v) is 9.46. The third-order valence-electron chi connectivity index (χ3n) is 3.54. The molecule has 0 aliphatic carbocycles. The maximum absolute atomic E-state index is 12.5. The minimum atomic E-state index is -0.232. The topological polar surface area (TPSA) is 67.4 Å². The number of anilines is 2. The van der Waals surface area contributed by atoms with E-state index in [-0.39, 0.29) is 11.8 Å². The molecule has 0 aliphatic rings. The maximum atomic E-state index is 12.5. The van der Waals surface area contributed by atoms with Gasteiger partial charge in [0.15, 0.2) is 0 Å². The normalized spacial score (nSPS) is 10.3. The molecule has 0 saturated heterocycles. The monoisotopic (exact) mass is 418 g/mol. The molecule has 6 heteroatoms. The number of rotatable bonds is 8. The van der Waals surface area contributed by atoms with Gasteiger partial charge in [0.2, 0.25) is 5.91 Å². The molecule has 2 N–H and O–H groups in total. The highest BCUT2D eigenvalue weighted by Gasteiger charge is 2.10. The predicted octanol–water partition coefficient (Wildman–Crippen LogP) is 5.23. The summed E-state index contributed by atoms with van der Waals surface area (Å²) in [6.07, 6.45) is 2.17. The van der Waals surface area contributed by atoms with Crippen molar-refractivity contribution >= 4 is 39.1 Å². The van der Waals surface area contributed by atoms with Crippen LogP contribution in [0.2, 0.25) is 0 Å². The summed E-state index contributed by atoms with van der Waals surface area (Å²) in [4.78, 5) is 24.2. The van der Waals surface area contributed by atoms with E-state index in [0.717, 1.165) is 17.3 Å². The molecule has 2 aromatic carbocycles. The molecule has 0 aromatic heterocycles. The van der Waals surface area contributed by atoms with Crippen molar-refractivity contribution in [2.75, 3.05) is 17.2 Å². The molecule has 5 nitrogen and oxygen atoms in total. The number of hydrogen-bond donors (Lipinski definition) is 2. The lowest BCUT2D eigenvalue weighted by Crippen LogP contribution is -2.13. The summed E-state index contributed by atoms with van der Waals surface area (Å²) in [5.74, 6) is 0.441. The summed E-state index contributed by atoms with van der Waals surface area (Å²) >= 11 is 3.43. The third-order valence-corrected chi connectivity index (χ3v) is 4.16. The van der Waals surface area contributed by atoms with Crippen LogP contribution in [-0.2, 0) is 4.79 Å². The Kier molecular flexibility index (Phi) is 7.66. The van der Waals surface area contributed by atoms with Crippen LogP contribution in [0, 0.1) is 0 Å². The van der Waals surface area contributed by atoms with E-state index >= 15 is 0 Å². The standard InChI is InChI=1S/C20H23BrN2O3/c1-3-6-19(24)22-15-7-5-8-16(13-15)23-20(25)14-9-10-18(17(21)12-14)26-11-4-2/h5,7-10,12-13H,3-4,6,11H2,1-2H3,(H,22,24)(H,23,25). The zero-order chi connectivity index (χ0) is 18.9. The van der Waals surface area contributed by atoms with Crippen LogP contribution in [0.3, 0.4) is 0 Å². The van der Waals surface area contributed by atoms with E-state index < -0.39 is 0 Å². The Bertz CT molecular complexity index is 777. The zero-order valence-electron chi connectivity index (χ0n) is 15.0. The van der Waals surface area contributed by atoms with Gasteiger partial charge in [-0.2, -0.15) is 0 Å². The van der Waals surface area contributed by atoms with Crippen LogP contribution in [0.1, 0.15) is 43.5 Å². The number of hydrogen-bond acceptors (Lipinski definition) is 3. The van der Waals surface area contributed by atoms with Crippen molar-refractivity contribution in [2.45, 2.75) is 33.1 Å². The molecule has 0 radical (unpaired) electrons. The van der Waals surface area contributed by atoms with E-state index in [4.69, 9.17) is 4.74 Å². The predicted molar refractivity (Wildman–Crippen MR) is 108 cm³/mol. The highest BCUT2D eigenvalue weighted by Crippen LogP contribution is 2.26. The van der Waals surface area contributed by atoms with Crippen LogP contribution in [0.15, 0.2) is 46.9 Å². The minimum Gasteiger partial charge on any atom is -0.492 e. The van der Waals surface area contributed by atoms with Gasteiger partial charge in [-0.25, -0.2) is 0 Å². The number of amides is 2. The molecule has 0 unspecified atom stereocenters. The molecule has 26 heavy (non-hydrogen) atoms. The summed E-state index contributed by atoms with van der Waals surface area (Å²) < 4.78 is 6.33. The average Bonchev–Trinajstić information content (AvgIpc) is 2.61. The number of nitrogens with one attached hydrogen (secondary N) is 2. The number of carbonyl (C=O) groups excluding carboxylic acids is 2. The van der Waals surface area contributed by atoms with E-state index in [1.165, 1.54) is 0 Å². The second-order valence-electron chi connectivity index (χ2n) is 5.83. The van der Waals surface area contributed by atoms with Crippen molar-refractivity contribution < 1.29 is 14.3 Å². The fourth-order valence-corrected chi connectivity index (χ4v) is 2.79. The molecule has 0 saturated carbocycles. The molecule has 0 atom stereocenters. The van der Waals surface area contributed by atoms with Crippen LogP contribution < -0.4 is 15.4 Å². The first-order valence-electron chi connectivity index (χ1n) is 8.67. The third kappa shape index (κ3) is 5.88. The summed E-state index contributed by atoms with van der Waals surface area (Å²) in [5.41, 5.74) is 1.79. The smallest absolute Gasteiger partial charge is 0.255 e. The molecule has 2 rings (SSSR count). The van der Waals surface area contributed by atoms with Crippen LogP contribution in [0.4, 0.5) is 11.4 Å². The molecule has 138 valence electrons. The van der Waals surface area contributed by atoms with E-state index in [0.29, 0.717) is 35.7 Å². The molecule has 0 heterocycles. The largest absolute Gasteiger partial charge is 0.492 e. The van der Waals surface area contributed by atoms with Crippen molar-refractivity contribution in [1.82, 2.24) is 0 Å². The van der Waals surface area contributed by atoms with Crippen LogP contribution in [-0.4, -0.2) is 18.4 Å². The first kappa shape index (κ1) is 20.0. The Morgan fingerprint density at radius 1 is 1.00 bits per heavy atom. The molecule has 0 bridgehead atoms. The lowest BCUT2D eigenvalue weighted by molar-refractivity contribution is -0.116. The Morgan fingerprint density at radius 3 is 2.38 bits per heavy atom. The lowest BCUT2D eigenvalue weighted by Gasteiger charge is -2.11. The van der Waals surface area contributed by atoms with Gasteiger partial charge < -0.3 is 15.4 Å². The second kappa shape index (κ2) is 9.97. The second-order valence-corrected chi connectivity index (χ2v) is 6.68. The fraction of sp³-hybridized carbons (Fsp3) is 0.300. The summed E-state index contributed by atoms with van der Waals surface area (Å²) in [6, 6.07) is 12.3. The van der Waals surface area contributed by atoms with E-state index in [1.807, 2.05) is 13.8 Å². The number of halogens is 1. The molecule has 0 spiro atoms. The lowest BCUT2D eigenvalue weighted by atomic mass is 10.2. The van der Waals surface area contributed by atoms with Crippen LogP contribution in [0.5, 0.6) is 5.75 Å². The molecule has 2 amide bonds. The van der Waals surface area contributed by atoms with Crippen molar-refractivity contribution in [1.29, 1.82) is 0 Å². The molecular weight excluding hydrogens is 396 g/mol. The Morgan fingerprint density at radius 2 is 1.73 bits per heavy atom.